The van der Waals surface area contributed by atoms with Gasteiger partial charge in [-0.25, -0.2) is 0 Å². The van der Waals surface area contributed by atoms with Crippen LogP contribution in [0.1, 0.15) is 11.1 Å². The Morgan fingerprint density at radius 3 is 2.33 bits per heavy atom. The van der Waals surface area contributed by atoms with E-state index in [0.717, 1.165) is 5.56 Å². The second kappa shape index (κ2) is 5.77. The smallest absolute Gasteiger partial charge is 0.119 e. The van der Waals surface area contributed by atoms with Crippen molar-refractivity contribution < 1.29 is 4.74 Å². The largest absolute Gasteiger partial charge is 0.489 e. The van der Waals surface area contributed by atoms with Crippen LogP contribution in [-0.4, -0.2) is 0 Å². The van der Waals surface area contributed by atoms with Gasteiger partial charge in [-0.15, -0.1) is 0 Å². The van der Waals surface area contributed by atoms with Crippen molar-refractivity contribution in [1.29, 1.82) is 5.26 Å². The Labute approximate surface area is 115 Å². The number of nitrogens with zero attached hydrogens (tertiary/aromatic N) is 1. The average Bonchev–Trinajstić information content (AvgIpc) is 2.41. The molecule has 0 aromatic heterocycles. The van der Waals surface area contributed by atoms with E-state index in [1.807, 2.05) is 6.07 Å². The highest BCUT2D eigenvalue weighted by Gasteiger charge is 2.01. The van der Waals surface area contributed by atoms with Gasteiger partial charge in [-0.05, 0) is 42.0 Å². The first-order valence-corrected chi connectivity index (χ1v) is 6.01. The van der Waals surface area contributed by atoms with Gasteiger partial charge in [0.25, 0.3) is 0 Å². The van der Waals surface area contributed by atoms with Gasteiger partial charge in [0.05, 0.1) is 21.7 Å². The molecule has 2 nitrogen and oxygen atoms in total. The van der Waals surface area contributed by atoms with E-state index < -0.39 is 0 Å². The normalized spacial score (nSPS) is 9.83. The SMILES string of the molecule is N#Cc1ccc(OCc2ccc(Cl)c(Cl)c2)cc1. The van der Waals surface area contributed by atoms with Crippen molar-refractivity contribution in [3.63, 3.8) is 0 Å². The van der Waals surface area contributed by atoms with Gasteiger partial charge in [0.1, 0.15) is 12.4 Å². The summed E-state index contributed by atoms with van der Waals surface area (Å²) in [6.45, 7) is 0.406. The van der Waals surface area contributed by atoms with Gasteiger partial charge in [0, 0.05) is 0 Å². The summed E-state index contributed by atoms with van der Waals surface area (Å²) >= 11 is 11.7. The molecule has 0 saturated heterocycles. The van der Waals surface area contributed by atoms with E-state index in [0.29, 0.717) is 28.0 Å². The molecule has 0 radical (unpaired) electrons. The lowest BCUT2D eigenvalue weighted by molar-refractivity contribution is 0.306. The van der Waals surface area contributed by atoms with E-state index in [2.05, 4.69) is 6.07 Å². The van der Waals surface area contributed by atoms with E-state index in [1.165, 1.54) is 0 Å². The fourth-order valence-electron chi connectivity index (χ4n) is 1.42. The van der Waals surface area contributed by atoms with Crippen LogP contribution >= 0.6 is 23.2 Å². The molecule has 0 unspecified atom stereocenters. The van der Waals surface area contributed by atoms with Crippen LogP contribution in [-0.2, 0) is 6.61 Å². The van der Waals surface area contributed by atoms with Crippen LogP contribution in [0.15, 0.2) is 42.5 Å². The van der Waals surface area contributed by atoms with E-state index in [4.69, 9.17) is 33.2 Å². The van der Waals surface area contributed by atoms with Crippen LogP contribution in [0.25, 0.3) is 0 Å². The Morgan fingerprint density at radius 1 is 1.00 bits per heavy atom. The zero-order chi connectivity index (χ0) is 13.0. The van der Waals surface area contributed by atoms with E-state index in [9.17, 15) is 0 Å². The fourth-order valence-corrected chi connectivity index (χ4v) is 1.74. The maximum absolute atomic E-state index is 8.67. The minimum absolute atomic E-state index is 0.406. The molecule has 0 N–H and O–H groups in total. The molecule has 0 aliphatic heterocycles. The van der Waals surface area contributed by atoms with Crippen molar-refractivity contribution in [2.45, 2.75) is 6.61 Å². The van der Waals surface area contributed by atoms with Crippen molar-refractivity contribution in [2.24, 2.45) is 0 Å². The summed E-state index contributed by atoms with van der Waals surface area (Å²) in [5, 5.41) is 9.71. The van der Waals surface area contributed by atoms with Gasteiger partial charge in [0.15, 0.2) is 0 Å². The zero-order valence-electron chi connectivity index (χ0n) is 9.36. The highest BCUT2D eigenvalue weighted by Crippen LogP contribution is 2.23. The molecule has 2 aromatic rings. The molecule has 0 amide bonds. The predicted octanol–water partition coefficient (Wildman–Crippen LogP) is 4.44. The Kier molecular flexibility index (Phi) is 4.09. The number of benzene rings is 2. The number of nitriles is 1. The Bertz CT molecular complexity index is 588. The molecule has 0 heterocycles. The number of hydrogen-bond donors (Lipinski definition) is 0. The quantitative estimate of drug-likeness (QED) is 0.831. The van der Waals surface area contributed by atoms with Gasteiger partial charge in [-0.3, -0.25) is 0 Å². The van der Waals surface area contributed by atoms with Crippen LogP contribution in [0.3, 0.4) is 0 Å². The van der Waals surface area contributed by atoms with Crippen LogP contribution in [0.5, 0.6) is 5.75 Å². The molecule has 0 saturated carbocycles. The Hall–Kier alpha value is -1.69. The highest BCUT2D eigenvalue weighted by molar-refractivity contribution is 6.42. The van der Waals surface area contributed by atoms with Gasteiger partial charge < -0.3 is 4.74 Å². The van der Waals surface area contributed by atoms with Crippen molar-refractivity contribution in [2.75, 3.05) is 0 Å². The van der Waals surface area contributed by atoms with Gasteiger partial charge >= 0.3 is 0 Å². The van der Waals surface area contributed by atoms with Crippen LogP contribution < -0.4 is 4.74 Å². The third kappa shape index (κ3) is 3.16. The molecular weight excluding hydrogens is 269 g/mol. The van der Waals surface area contributed by atoms with Crippen molar-refractivity contribution in [3.8, 4) is 11.8 Å². The average molecular weight is 278 g/mol. The first kappa shape index (κ1) is 12.8. The second-order valence-corrected chi connectivity index (χ2v) is 4.49. The first-order valence-electron chi connectivity index (χ1n) is 5.26. The molecule has 0 aliphatic rings. The minimum Gasteiger partial charge on any atom is -0.489 e. The number of halogens is 2. The maximum Gasteiger partial charge on any atom is 0.119 e. The van der Waals surface area contributed by atoms with Crippen LogP contribution in [0, 0.1) is 11.3 Å². The minimum atomic E-state index is 0.406. The van der Waals surface area contributed by atoms with Gasteiger partial charge in [-0.2, -0.15) is 5.26 Å². The van der Waals surface area contributed by atoms with Crippen LogP contribution in [0.2, 0.25) is 10.0 Å². The topological polar surface area (TPSA) is 33.0 Å². The molecule has 90 valence electrons. The second-order valence-electron chi connectivity index (χ2n) is 3.67. The Morgan fingerprint density at radius 2 is 1.72 bits per heavy atom. The van der Waals surface area contributed by atoms with Gasteiger partial charge in [-0.1, -0.05) is 29.3 Å². The molecule has 0 bridgehead atoms. The lowest BCUT2D eigenvalue weighted by Gasteiger charge is -2.07. The molecule has 0 atom stereocenters. The summed E-state index contributed by atoms with van der Waals surface area (Å²) in [4.78, 5) is 0. The number of hydrogen-bond acceptors (Lipinski definition) is 2. The number of rotatable bonds is 3. The fraction of sp³-hybridized carbons (Fsp3) is 0.0714. The monoisotopic (exact) mass is 277 g/mol. The molecule has 0 fully saturated rings. The summed E-state index contributed by atoms with van der Waals surface area (Å²) in [6.07, 6.45) is 0. The van der Waals surface area contributed by atoms with Crippen LogP contribution in [0.4, 0.5) is 0 Å². The highest BCUT2D eigenvalue weighted by atomic mass is 35.5. The van der Waals surface area contributed by atoms with Crippen molar-refractivity contribution in [3.05, 3.63) is 63.6 Å². The molecule has 2 rings (SSSR count). The molecule has 18 heavy (non-hydrogen) atoms. The third-order valence-corrected chi connectivity index (χ3v) is 3.11. The standard InChI is InChI=1S/C14H9Cl2NO/c15-13-6-3-11(7-14(13)16)9-18-12-4-1-10(8-17)2-5-12/h1-7H,9H2. The molecular formula is C14H9Cl2NO. The molecule has 2 aromatic carbocycles. The summed E-state index contributed by atoms with van der Waals surface area (Å²) in [5.74, 6) is 0.708. The lowest BCUT2D eigenvalue weighted by atomic mass is 10.2. The van der Waals surface area contributed by atoms with E-state index in [-0.39, 0.29) is 0 Å². The predicted molar refractivity (Wildman–Crippen MR) is 72.0 cm³/mol. The molecule has 0 spiro atoms. The summed E-state index contributed by atoms with van der Waals surface area (Å²) in [6, 6.07) is 14.4. The summed E-state index contributed by atoms with van der Waals surface area (Å²) in [5.41, 5.74) is 1.55. The third-order valence-electron chi connectivity index (χ3n) is 2.37. The van der Waals surface area contributed by atoms with Crippen molar-refractivity contribution in [1.82, 2.24) is 0 Å². The van der Waals surface area contributed by atoms with E-state index >= 15 is 0 Å². The maximum atomic E-state index is 8.67. The molecule has 0 aliphatic carbocycles. The summed E-state index contributed by atoms with van der Waals surface area (Å²) < 4.78 is 5.58. The van der Waals surface area contributed by atoms with E-state index in [1.54, 1.807) is 36.4 Å². The lowest BCUT2D eigenvalue weighted by Crippen LogP contribution is -1.95. The molecule has 4 heteroatoms. The number of ether oxygens (including phenoxy) is 1. The first-order chi connectivity index (χ1) is 8.69. The summed E-state index contributed by atoms with van der Waals surface area (Å²) in [7, 11) is 0. The van der Waals surface area contributed by atoms with Crippen molar-refractivity contribution >= 4 is 23.2 Å². The Balaban J connectivity index is 2.02. The zero-order valence-corrected chi connectivity index (χ0v) is 10.9. The van der Waals surface area contributed by atoms with Gasteiger partial charge in [0.2, 0.25) is 0 Å².